The largest absolute Gasteiger partial charge is 0.340 e. The average Bonchev–Trinajstić information content (AvgIpc) is 2.77. The SMILES string of the molecule is CC(=O)N1CCN(Cc2cc(Br)c3cncnn23)CC1. The van der Waals surface area contributed by atoms with Crippen molar-refractivity contribution in [2.75, 3.05) is 26.2 Å². The fraction of sp³-hybridized carbons (Fsp3) is 0.462. The van der Waals surface area contributed by atoms with Gasteiger partial charge in [0.05, 0.1) is 17.4 Å². The van der Waals surface area contributed by atoms with E-state index in [0.717, 1.165) is 48.4 Å². The minimum Gasteiger partial charge on any atom is -0.340 e. The predicted octanol–water partition coefficient (Wildman–Crippen LogP) is 1.16. The van der Waals surface area contributed by atoms with Gasteiger partial charge in [-0.3, -0.25) is 9.69 Å². The summed E-state index contributed by atoms with van der Waals surface area (Å²) in [7, 11) is 0. The first-order valence-corrected chi connectivity index (χ1v) is 7.38. The van der Waals surface area contributed by atoms with Crippen LogP contribution in [-0.4, -0.2) is 56.5 Å². The van der Waals surface area contributed by atoms with Crippen LogP contribution in [0.2, 0.25) is 0 Å². The van der Waals surface area contributed by atoms with E-state index in [4.69, 9.17) is 0 Å². The van der Waals surface area contributed by atoms with Crippen LogP contribution >= 0.6 is 15.9 Å². The van der Waals surface area contributed by atoms with Crippen LogP contribution in [0.1, 0.15) is 12.6 Å². The highest BCUT2D eigenvalue weighted by atomic mass is 79.9. The molecule has 0 atom stereocenters. The molecule has 2 aromatic heterocycles. The zero-order valence-electron chi connectivity index (χ0n) is 11.3. The number of carbonyl (C=O) groups excluding carboxylic acids is 1. The molecule has 0 radical (unpaired) electrons. The molecule has 1 fully saturated rings. The summed E-state index contributed by atoms with van der Waals surface area (Å²) in [6.45, 7) is 5.86. The molecule has 1 aliphatic rings. The van der Waals surface area contributed by atoms with Gasteiger partial charge in [0, 0.05) is 44.1 Å². The zero-order valence-corrected chi connectivity index (χ0v) is 12.9. The molecule has 20 heavy (non-hydrogen) atoms. The number of piperazine rings is 1. The number of amides is 1. The molecule has 1 aliphatic heterocycles. The summed E-state index contributed by atoms with van der Waals surface area (Å²) in [6.07, 6.45) is 3.35. The van der Waals surface area contributed by atoms with Gasteiger partial charge in [0.15, 0.2) is 0 Å². The Kier molecular flexibility index (Phi) is 3.71. The van der Waals surface area contributed by atoms with Crippen LogP contribution in [0.3, 0.4) is 0 Å². The summed E-state index contributed by atoms with van der Waals surface area (Å²) in [4.78, 5) is 19.6. The smallest absolute Gasteiger partial charge is 0.219 e. The zero-order chi connectivity index (χ0) is 14.1. The van der Waals surface area contributed by atoms with Gasteiger partial charge < -0.3 is 4.90 Å². The molecule has 1 saturated heterocycles. The quantitative estimate of drug-likeness (QED) is 0.825. The Balaban J connectivity index is 1.73. The summed E-state index contributed by atoms with van der Waals surface area (Å²) >= 11 is 3.54. The Hall–Kier alpha value is -1.47. The highest BCUT2D eigenvalue weighted by Gasteiger charge is 2.20. The molecule has 3 heterocycles. The molecule has 106 valence electrons. The number of nitrogens with zero attached hydrogens (tertiary/aromatic N) is 5. The highest BCUT2D eigenvalue weighted by Crippen LogP contribution is 2.22. The molecule has 0 saturated carbocycles. The van der Waals surface area contributed by atoms with Gasteiger partial charge in [-0.25, -0.2) is 9.50 Å². The Bertz CT molecular complexity index is 633. The summed E-state index contributed by atoms with van der Waals surface area (Å²) < 4.78 is 2.92. The van der Waals surface area contributed by atoms with Crippen molar-refractivity contribution < 1.29 is 4.79 Å². The first-order chi connectivity index (χ1) is 9.65. The number of halogens is 1. The van der Waals surface area contributed by atoms with Crippen molar-refractivity contribution in [3.8, 4) is 0 Å². The standard InChI is InChI=1S/C13H16BrN5O/c1-10(20)18-4-2-17(3-5-18)8-11-6-12(14)13-7-15-9-16-19(11)13/h6-7,9H,2-5,8H2,1H3. The minimum atomic E-state index is 0.160. The maximum atomic E-state index is 11.3. The van der Waals surface area contributed by atoms with Crippen LogP contribution < -0.4 is 0 Å². The van der Waals surface area contributed by atoms with E-state index in [1.54, 1.807) is 19.4 Å². The van der Waals surface area contributed by atoms with E-state index in [1.807, 2.05) is 9.42 Å². The lowest BCUT2D eigenvalue weighted by Crippen LogP contribution is -2.47. The van der Waals surface area contributed by atoms with Crippen LogP contribution in [0.15, 0.2) is 23.1 Å². The third-order valence-corrected chi connectivity index (χ3v) is 4.31. The van der Waals surface area contributed by atoms with Crippen molar-refractivity contribution in [3.05, 3.63) is 28.8 Å². The lowest BCUT2D eigenvalue weighted by molar-refractivity contribution is -0.130. The second kappa shape index (κ2) is 5.49. The van der Waals surface area contributed by atoms with Crippen molar-refractivity contribution in [1.29, 1.82) is 0 Å². The van der Waals surface area contributed by atoms with E-state index in [0.29, 0.717) is 0 Å². The Morgan fingerprint density at radius 1 is 1.35 bits per heavy atom. The number of carbonyl (C=O) groups is 1. The number of aromatic nitrogens is 3. The lowest BCUT2D eigenvalue weighted by atomic mass is 10.3. The van der Waals surface area contributed by atoms with Gasteiger partial charge in [-0.1, -0.05) is 0 Å². The van der Waals surface area contributed by atoms with E-state index in [2.05, 4.69) is 37.0 Å². The van der Waals surface area contributed by atoms with Crippen LogP contribution in [0, 0.1) is 0 Å². The Morgan fingerprint density at radius 2 is 2.10 bits per heavy atom. The minimum absolute atomic E-state index is 0.160. The first kappa shape index (κ1) is 13.5. The third kappa shape index (κ3) is 2.55. The molecule has 1 amide bonds. The molecular formula is C13H16BrN5O. The van der Waals surface area contributed by atoms with Crippen molar-refractivity contribution in [2.24, 2.45) is 0 Å². The van der Waals surface area contributed by atoms with E-state index < -0.39 is 0 Å². The van der Waals surface area contributed by atoms with E-state index >= 15 is 0 Å². The highest BCUT2D eigenvalue weighted by molar-refractivity contribution is 9.10. The molecule has 0 unspecified atom stereocenters. The van der Waals surface area contributed by atoms with Crippen molar-refractivity contribution in [1.82, 2.24) is 24.4 Å². The fourth-order valence-electron chi connectivity index (χ4n) is 2.54. The molecule has 0 spiro atoms. The monoisotopic (exact) mass is 337 g/mol. The molecule has 6 nitrogen and oxygen atoms in total. The molecule has 0 aliphatic carbocycles. The topological polar surface area (TPSA) is 53.7 Å². The van der Waals surface area contributed by atoms with Gasteiger partial charge in [0.2, 0.25) is 5.91 Å². The van der Waals surface area contributed by atoms with Crippen LogP contribution in [0.5, 0.6) is 0 Å². The fourth-order valence-corrected chi connectivity index (χ4v) is 3.07. The Morgan fingerprint density at radius 3 is 2.80 bits per heavy atom. The number of rotatable bonds is 2. The molecule has 0 aromatic carbocycles. The van der Waals surface area contributed by atoms with Crippen LogP contribution in [-0.2, 0) is 11.3 Å². The van der Waals surface area contributed by atoms with Gasteiger partial charge in [0.1, 0.15) is 6.33 Å². The van der Waals surface area contributed by atoms with Gasteiger partial charge in [-0.05, 0) is 22.0 Å². The number of hydrogen-bond acceptors (Lipinski definition) is 4. The molecule has 3 rings (SSSR count). The third-order valence-electron chi connectivity index (χ3n) is 3.67. The van der Waals surface area contributed by atoms with Crippen molar-refractivity contribution in [3.63, 3.8) is 0 Å². The van der Waals surface area contributed by atoms with Crippen molar-refractivity contribution >= 4 is 27.4 Å². The van der Waals surface area contributed by atoms with E-state index in [-0.39, 0.29) is 5.91 Å². The van der Waals surface area contributed by atoms with Crippen molar-refractivity contribution in [2.45, 2.75) is 13.5 Å². The Labute approximate surface area is 125 Å². The maximum Gasteiger partial charge on any atom is 0.219 e. The van der Waals surface area contributed by atoms with E-state index in [9.17, 15) is 4.79 Å². The predicted molar refractivity (Wildman–Crippen MR) is 78.2 cm³/mol. The second-order valence-electron chi connectivity index (χ2n) is 4.97. The van der Waals surface area contributed by atoms with E-state index in [1.165, 1.54) is 0 Å². The normalized spacial score (nSPS) is 16.8. The molecular weight excluding hydrogens is 322 g/mol. The summed E-state index contributed by atoms with van der Waals surface area (Å²) in [5, 5.41) is 4.30. The summed E-state index contributed by atoms with van der Waals surface area (Å²) in [5.41, 5.74) is 2.11. The first-order valence-electron chi connectivity index (χ1n) is 6.59. The molecule has 7 heteroatoms. The summed E-state index contributed by atoms with van der Waals surface area (Å²) in [6, 6.07) is 2.08. The number of hydrogen-bond donors (Lipinski definition) is 0. The van der Waals surface area contributed by atoms with Crippen LogP contribution in [0.25, 0.3) is 5.52 Å². The van der Waals surface area contributed by atoms with Gasteiger partial charge in [-0.15, -0.1) is 0 Å². The van der Waals surface area contributed by atoms with Gasteiger partial charge in [-0.2, -0.15) is 5.10 Å². The summed E-state index contributed by atoms with van der Waals surface area (Å²) in [5.74, 6) is 0.160. The lowest BCUT2D eigenvalue weighted by Gasteiger charge is -2.33. The van der Waals surface area contributed by atoms with Crippen LogP contribution in [0.4, 0.5) is 0 Å². The van der Waals surface area contributed by atoms with Gasteiger partial charge >= 0.3 is 0 Å². The maximum absolute atomic E-state index is 11.3. The molecule has 0 bridgehead atoms. The average molecular weight is 338 g/mol. The second-order valence-corrected chi connectivity index (χ2v) is 5.83. The molecule has 0 N–H and O–H groups in total. The molecule has 2 aromatic rings. The van der Waals surface area contributed by atoms with Gasteiger partial charge in [0.25, 0.3) is 0 Å². The number of fused-ring (bicyclic) bond motifs is 1.